The fourth-order valence-corrected chi connectivity index (χ4v) is 2.83. The quantitative estimate of drug-likeness (QED) is 0.260. The van der Waals surface area contributed by atoms with E-state index in [1.54, 1.807) is 36.4 Å². The smallest absolute Gasteiger partial charge is 0.269 e. The van der Waals surface area contributed by atoms with Gasteiger partial charge in [0, 0.05) is 17.7 Å². The fraction of sp³-hybridized carbons (Fsp3) is 0.0455. The number of benzene rings is 3. The minimum atomic E-state index is -0.462. The maximum Gasteiger partial charge on any atom is 0.269 e. The molecule has 3 aromatic rings. The Balaban J connectivity index is 2.19. The van der Waals surface area contributed by atoms with Crippen LogP contribution in [0, 0.1) is 15.9 Å². The maximum atomic E-state index is 13.2. The van der Waals surface area contributed by atoms with Gasteiger partial charge < -0.3 is 0 Å². The summed E-state index contributed by atoms with van der Waals surface area (Å²) >= 11 is 0. The summed E-state index contributed by atoms with van der Waals surface area (Å²) in [7, 11) is 0. The number of carbonyl (C=O) groups excluding carboxylic acids is 1. The zero-order valence-corrected chi connectivity index (χ0v) is 14.6. The fourth-order valence-electron chi connectivity index (χ4n) is 2.83. The maximum absolute atomic E-state index is 13.2. The monoisotopic (exact) mass is 361 g/mol. The lowest BCUT2D eigenvalue weighted by molar-refractivity contribution is -0.384. The van der Waals surface area contributed by atoms with Crippen LogP contribution in [0.25, 0.3) is 11.6 Å². The molecule has 0 aliphatic carbocycles. The Morgan fingerprint density at radius 2 is 1.52 bits per heavy atom. The molecule has 0 N–H and O–H groups in total. The summed E-state index contributed by atoms with van der Waals surface area (Å²) in [5, 5.41) is 10.9. The van der Waals surface area contributed by atoms with Crippen molar-refractivity contribution in [1.29, 1.82) is 0 Å². The summed E-state index contributed by atoms with van der Waals surface area (Å²) in [4.78, 5) is 22.5. The van der Waals surface area contributed by atoms with E-state index in [0.717, 1.165) is 16.7 Å². The van der Waals surface area contributed by atoms with E-state index in [0.29, 0.717) is 11.1 Å². The first kappa shape index (κ1) is 18.2. The third kappa shape index (κ3) is 4.15. The lowest BCUT2D eigenvalue weighted by Crippen LogP contribution is -2.00. The van der Waals surface area contributed by atoms with E-state index in [1.807, 2.05) is 18.2 Å². The molecule has 0 fully saturated rings. The van der Waals surface area contributed by atoms with E-state index in [4.69, 9.17) is 0 Å². The second-order valence-corrected chi connectivity index (χ2v) is 6.02. The lowest BCUT2D eigenvalue weighted by Gasteiger charge is -2.13. The van der Waals surface area contributed by atoms with E-state index >= 15 is 0 Å². The highest BCUT2D eigenvalue weighted by Crippen LogP contribution is 2.30. The van der Waals surface area contributed by atoms with Crippen molar-refractivity contribution in [3.63, 3.8) is 0 Å². The van der Waals surface area contributed by atoms with Crippen molar-refractivity contribution in [1.82, 2.24) is 0 Å². The molecule has 0 unspecified atom stereocenters. The van der Waals surface area contributed by atoms with Crippen LogP contribution in [-0.2, 0) is 0 Å². The number of carbonyl (C=O) groups is 1. The number of hydrogen-bond acceptors (Lipinski definition) is 3. The number of non-ortho nitro benzene ring substituents is 1. The highest BCUT2D eigenvalue weighted by molar-refractivity contribution is 6.03. The van der Waals surface area contributed by atoms with Gasteiger partial charge in [-0.3, -0.25) is 14.9 Å². The molecule has 0 saturated heterocycles. The van der Waals surface area contributed by atoms with Gasteiger partial charge in [0.25, 0.3) is 5.69 Å². The molecule has 0 radical (unpaired) electrons. The molecule has 0 spiro atoms. The van der Waals surface area contributed by atoms with Gasteiger partial charge in [0.05, 0.1) is 4.92 Å². The van der Waals surface area contributed by atoms with Gasteiger partial charge in [-0.1, -0.05) is 36.4 Å². The predicted octanol–water partition coefficient (Wildman–Crippen LogP) is 5.53. The second-order valence-electron chi connectivity index (χ2n) is 6.02. The first-order valence-corrected chi connectivity index (χ1v) is 8.28. The van der Waals surface area contributed by atoms with E-state index in [2.05, 4.69) is 0 Å². The van der Waals surface area contributed by atoms with E-state index in [-0.39, 0.29) is 17.3 Å². The van der Waals surface area contributed by atoms with E-state index in [1.165, 1.54) is 31.2 Å². The zero-order chi connectivity index (χ0) is 19.4. The Labute approximate surface area is 155 Å². The summed E-state index contributed by atoms with van der Waals surface area (Å²) < 4.78 is 13.2. The van der Waals surface area contributed by atoms with Crippen LogP contribution >= 0.6 is 0 Å². The van der Waals surface area contributed by atoms with Crippen molar-refractivity contribution in [2.24, 2.45) is 0 Å². The van der Waals surface area contributed by atoms with Gasteiger partial charge in [-0.15, -0.1) is 0 Å². The van der Waals surface area contributed by atoms with Crippen molar-refractivity contribution in [3.8, 4) is 0 Å². The van der Waals surface area contributed by atoms with Gasteiger partial charge in [0.1, 0.15) is 5.82 Å². The average molecular weight is 361 g/mol. The number of nitro benzene ring substituents is 1. The molecular weight excluding hydrogens is 345 g/mol. The van der Waals surface area contributed by atoms with Crippen molar-refractivity contribution in [3.05, 3.63) is 111 Å². The zero-order valence-electron chi connectivity index (χ0n) is 14.6. The van der Waals surface area contributed by atoms with Gasteiger partial charge in [0.15, 0.2) is 5.78 Å². The Morgan fingerprint density at radius 1 is 0.926 bits per heavy atom. The number of Topliss-reactive ketones (excluding diaryl/α,β-unsaturated/α-hetero) is 1. The van der Waals surface area contributed by atoms with Crippen LogP contribution in [-0.4, -0.2) is 10.7 Å². The summed E-state index contributed by atoms with van der Waals surface area (Å²) in [6.07, 6.45) is 1.84. The van der Waals surface area contributed by atoms with Crippen molar-refractivity contribution >= 4 is 23.1 Å². The van der Waals surface area contributed by atoms with Crippen molar-refractivity contribution in [2.75, 3.05) is 0 Å². The van der Waals surface area contributed by atoms with E-state index < -0.39 is 4.92 Å². The highest BCUT2D eigenvalue weighted by Gasteiger charge is 2.14. The lowest BCUT2D eigenvalue weighted by atomic mass is 9.91. The van der Waals surface area contributed by atoms with Crippen LogP contribution in [0.15, 0.2) is 72.8 Å². The number of nitrogens with zero attached hydrogens (tertiary/aromatic N) is 1. The molecule has 3 rings (SSSR count). The number of hydrogen-bond donors (Lipinski definition) is 0. The predicted molar refractivity (Wildman–Crippen MR) is 103 cm³/mol. The summed E-state index contributed by atoms with van der Waals surface area (Å²) in [5.74, 6) is -0.425. The summed E-state index contributed by atoms with van der Waals surface area (Å²) in [5.41, 5.74) is 3.44. The van der Waals surface area contributed by atoms with Crippen molar-refractivity contribution < 1.29 is 14.1 Å². The largest absolute Gasteiger partial charge is 0.294 e. The Kier molecular flexibility index (Phi) is 5.22. The summed E-state index contributed by atoms with van der Waals surface area (Å²) in [6, 6.07) is 19.3. The minimum absolute atomic E-state index is 0.0141. The molecule has 0 aliphatic rings. The van der Waals surface area contributed by atoms with Crippen LogP contribution in [0.4, 0.5) is 10.1 Å². The molecule has 0 aliphatic heterocycles. The summed E-state index contributed by atoms with van der Waals surface area (Å²) in [6.45, 7) is 1.49. The normalized spacial score (nSPS) is 11.3. The van der Waals surface area contributed by atoms with Crippen molar-refractivity contribution in [2.45, 2.75) is 6.92 Å². The molecule has 0 aromatic heterocycles. The molecule has 0 bridgehead atoms. The Morgan fingerprint density at radius 3 is 2.07 bits per heavy atom. The Bertz CT molecular complexity index is 1020. The average Bonchev–Trinajstić information content (AvgIpc) is 2.67. The third-order valence-corrected chi connectivity index (χ3v) is 4.17. The van der Waals surface area contributed by atoms with E-state index in [9.17, 15) is 19.3 Å². The SMILES string of the molecule is CC(=O)c1ccccc1C(=Cc1ccc(F)cc1)c1ccc([N+](=O)[O-])cc1. The van der Waals surface area contributed by atoms with Crippen LogP contribution in [0.5, 0.6) is 0 Å². The number of nitro groups is 1. The number of ketones is 1. The van der Waals surface area contributed by atoms with Gasteiger partial charge in [-0.25, -0.2) is 4.39 Å². The molecule has 5 heteroatoms. The van der Waals surface area contributed by atoms with Gasteiger partial charge in [-0.05, 0) is 59.5 Å². The molecular formula is C22H16FNO3. The van der Waals surface area contributed by atoms with Gasteiger partial charge >= 0.3 is 0 Å². The second kappa shape index (κ2) is 7.74. The standard InChI is InChI=1S/C22H16FNO3/c1-15(25)20-4-2-3-5-21(20)22(14-16-6-10-18(23)11-7-16)17-8-12-19(13-9-17)24(26)27/h2-14H,1H3. The van der Waals surface area contributed by atoms with Gasteiger partial charge in [-0.2, -0.15) is 0 Å². The Hall–Kier alpha value is -3.60. The molecule has 0 atom stereocenters. The van der Waals surface area contributed by atoms with Crippen LogP contribution in [0.3, 0.4) is 0 Å². The molecule has 4 nitrogen and oxygen atoms in total. The first-order valence-electron chi connectivity index (χ1n) is 8.28. The highest BCUT2D eigenvalue weighted by atomic mass is 19.1. The number of rotatable bonds is 5. The topological polar surface area (TPSA) is 60.2 Å². The number of halogens is 1. The van der Waals surface area contributed by atoms with Gasteiger partial charge in [0.2, 0.25) is 0 Å². The van der Waals surface area contributed by atoms with Crippen LogP contribution in [0.2, 0.25) is 0 Å². The molecule has 0 amide bonds. The molecule has 3 aromatic carbocycles. The molecule has 0 heterocycles. The molecule has 27 heavy (non-hydrogen) atoms. The van der Waals surface area contributed by atoms with Crippen LogP contribution in [0.1, 0.15) is 34.0 Å². The molecule has 0 saturated carbocycles. The minimum Gasteiger partial charge on any atom is -0.294 e. The van der Waals surface area contributed by atoms with Crippen LogP contribution < -0.4 is 0 Å². The third-order valence-electron chi connectivity index (χ3n) is 4.17. The first-order chi connectivity index (χ1) is 13.0. The molecule has 134 valence electrons.